The molecule has 2 aromatic carbocycles. The second kappa shape index (κ2) is 8.80. The molecule has 2 aromatic rings. The van der Waals surface area contributed by atoms with Crippen LogP contribution < -0.4 is 10.6 Å². The van der Waals surface area contributed by atoms with E-state index in [0.29, 0.717) is 16.7 Å². The number of nitrogens with zero attached hydrogens (tertiary/aromatic N) is 1. The lowest BCUT2D eigenvalue weighted by molar-refractivity contribution is -0.147. The largest absolute Gasteiger partial charge is 0.352 e. The van der Waals surface area contributed by atoms with Crippen molar-refractivity contribution in [1.82, 2.24) is 15.5 Å². The van der Waals surface area contributed by atoms with E-state index in [1.54, 1.807) is 49.6 Å². The lowest BCUT2D eigenvalue weighted by atomic mass is 9.45. The molecule has 2 aliphatic heterocycles. The molecule has 4 rings (SSSR count). The summed E-state index contributed by atoms with van der Waals surface area (Å²) >= 11 is 5.75. The van der Waals surface area contributed by atoms with Gasteiger partial charge in [0.15, 0.2) is 0 Å². The topological polar surface area (TPSA) is 95.6 Å². The standard InChI is InChI=1S/C22H22B4ClF2N3O4/c23-15(30-19(36)22(28,29)12-2-4-13(27)5-3-12)10-1-6-14-11(7-10)8-32(16(14)33)21(26)9-20(24,25)17(34)31-18(21)35/h1-7,15H,8-9,23-26H2,(H,30,36)(H,31,34,35). The molecule has 1 fully saturated rings. The lowest BCUT2D eigenvalue weighted by Crippen LogP contribution is -2.67. The van der Waals surface area contributed by atoms with Crippen LogP contribution in [0.4, 0.5) is 8.78 Å². The quantitative estimate of drug-likeness (QED) is 0.383. The summed E-state index contributed by atoms with van der Waals surface area (Å²) in [5.74, 6) is -7.31. The zero-order valence-corrected chi connectivity index (χ0v) is 21.0. The number of imide groups is 1. The van der Waals surface area contributed by atoms with Crippen LogP contribution >= 0.6 is 11.6 Å². The Morgan fingerprint density at radius 2 is 1.72 bits per heavy atom. The molecule has 0 aliphatic carbocycles. The predicted molar refractivity (Wildman–Crippen MR) is 140 cm³/mol. The number of halogens is 3. The van der Waals surface area contributed by atoms with Crippen LogP contribution in [-0.2, 0) is 26.9 Å². The van der Waals surface area contributed by atoms with Crippen molar-refractivity contribution in [2.45, 2.75) is 35.5 Å². The van der Waals surface area contributed by atoms with E-state index in [1.165, 1.54) is 17.0 Å². The van der Waals surface area contributed by atoms with Crippen LogP contribution in [0.5, 0.6) is 0 Å². The average Bonchev–Trinajstić information content (AvgIpc) is 3.14. The third kappa shape index (κ3) is 4.34. The van der Waals surface area contributed by atoms with Crippen molar-refractivity contribution in [3.8, 4) is 0 Å². The van der Waals surface area contributed by atoms with Gasteiger partial charge in [0.1, 0.15) is 31.4 Å². The fraction of sp³-hybridized carbons (Fsp3) is 0.273. The number of nitrogens with one attached hydrogen (secondary N) is 2. The summed E-state index contributed by atoms with van der Waals surface area (Å²) in [6, 6.07) is 9.58. The second-order valence-electron chi connectivity index (χ2n) is 10.2. The third-order valence-electron chi connectivity index (χ3n) is 6.99. The molecular weight excluding hydrogens is 487 g/mol. The molecule has 0 aromatic heterocycles. The predicted octanol–water partition coefficient (Wildman–Crippen LogP) is -1.41. The van der Waals surface area contributed by atoms with Crippen molar-refractivity contribution in [2.75, 3.05) is 0 Å². The molecule has 0 radical (unpaired) electrons. The highest BCUT2D eigenvalue weighted by Crippen LogP contribution is 2.40. The first-order chi connectivity index (χ1) is 16.7. The van der Waals surface area contributed by atoms with Gasteiger partial charge in [-0.25, -0.2) is 0 Å². The van der Waals surface area contributed by atoms with Gasteiger partial charge in [0, 0.05) is 28.6 Å². The van der Waals surface area contributed by atoms with Gasteiger partial charge in [-0.05, 0) is 41.0 Å². The van der Waals surface area contributed by atoms with Crippen molar-refractivity contribution in [3.63, 3.8) is 0 Å². The SMILES string of the molecule is BC(NC(=O)C(F)(F)c1ccc(Cl)cc1)c1ccc2c(c1)CN(C1(B)CC(B)(B)C(=O)NC1=O)C2=O. The van der Waals surface area contributed by atoms with Gasteiger partial charge in [0.2, 0.25) is 11.8 Å². The minimum absolute atomic E-state index is 0.109. The minimum Gasteiger partial charge on any atom is -0.352 e. The molecule has 36 heavy (non-hydrogen) atoms. The van der Waals surface area contributed by atoms with Gasteiger partial charge in [-0.1, -0.05) is 35.9 Å². The Morgan fingerprint density at radius 3 is 2.36 bits per heavy atom. The first-order valence-corrected chi connectivity index (χ1v) is 11.8. The monoisotopic (exact) mass is 509 g/mol. The van der Waals surface area contributed by atoms with Gasteiger partial charge in [-0.2, -0.15) is 8.78 Å². The van der Waals surface area contributed by atoms with Crippen LogP contribution in [0.1, 0.15) is 39.4 Å². The molecule has 0 bridgehead atoms. The van der Waals surface area contributed by atoms with Crippen LogP contribution in [0.2, 0.25) is 10.2 Å². The Bertz CT molecular complexity index is 1290. The van der Waals surface area contributed by atoms with E-state index >= 15 is 0 Å². The molecule has 7 nitrogen and oxygen atoms in total. The van der Waals surface area contributed by atoms with Crippen molar-refractivity contribution < 1.29 is 28.0 Å². The third-order valence-corrected chi connectivity index (χ3v) is 7.24. The zero-order valence-electron chi connectivity index (χ0n) is 20.2. The molecular formula is C22H22B4ClF2N3O4. The summed E-state index contributed by atoms with van der Waals surface area (Å²) in [6.07, 6.45) is 0.156. The van der Waals surface area contributed by atoms with E-state index in [1.807, 2.05) is 0 Å². The van der Waals surface area contributed by atoms with E-state index in [0.717, 1.165) is 12.1 Å². The summed E-state index contributed by atoms with van der Waals surface area (Å²) in [5.41, 5.74) is -0.211. The van der Waals surface area contributed by atoms with Crippen molar-refractivity contribution in [2.24, 2.45) is 0 Å². The maximum atomic E-state index is 14.7. The van der Waals surface area contributed by atoms with Gasteiger partial charge in [-0.15, -0.1) is 0 Å². The lowest BCUT2D eigenvalue weighted by Gasteiger charge is -2.46. The second-order valence-corrected chi connectivity index (χ2v) is 10.6. The smallest absolute Gasteiger partial charge is 0.349 e. The number of carbonyl (C=O) groups excluding carboxylic acids is 4. The number of benzene rings is 2. The maximum absolute atomic E-state index is 14.7. The van der Waals surface area contributed by atoms with Gasteiger partial charge in [-0.3, -0.25) is 24.5 Å². The van der Waals surface area contributed by atoms with Gasteiger partial charge in [0.25, 0.3) is 11.8 Å². The van der Waals surface area contributed by atoms with E-state index < -0.39 is 45.8 Å². The Labute approximate surface area is 215 Å². The molecule has 1 saturated heterocycles. The average molecular weight is 509 g/mol. The maximum Gasteiger partial charge on any atom is 0.349 e. The Morgan fingerprint density at radius 1 is 1.08 bits per heavy atom. The fourth-order valence-corrected chi connectivity index (χ4v) is 4.94. The highest BCUT2D eigenvalue weighted by atomic mass is 35.5. The van der Waals surface area contributed by atoms with Crippen molar-refractivity contribution in [3.05, 3.63) is 69.7 Å². The minimum atomic E-state index is -3.77. The number of hydrogen-bond donors (Lipinski definition) is 2. The zero-order chi connectivity index (χ0) is 26.6. The highest BCUT2D eigenvalue weighted by Gasteiger charge is 2.53. The first-order valence-electron chi connectivity index (χ1n) is 11.4. The van der Waals surface area contributed by atoms with Crippen LogP contribution in [0.3, 0.4) is 0 Å². The van der Waals surface area contributed by atoms with Gasteiger partial charge in [0.05, 0.1) is 5.44 Å². The number of carbonyl (C=O) groups is 4. The Kier molecular flexibility index (Phi) is 6.35. The van der Waals surface area contributed by atoms with Crippen molar-refractivity contribution >= 4 is 66.6 Å². The summed E-state index contributed by atoms with van der Waals surface area (Å²) in [7, 11) is 6.62. The number of piperidine rings is 1. The van der Waals surface area contributed by atoms with E-state index in [-0.39, 0.29) is 23.9 Å². The summed E-state index contributed by atoms with van der Waals surface area (Å²) in [5, 5.41) is 4.13. The molecule has 14 heteroatoms. The van der Waals surface area contributed by atoms with Crippen LogP contribution in [0, 0.1) is 0 Å². The van der Waals surface area contributed by atoms with E-state index in [2.05, 4.69) is 10.6 Å². The molecule has 2 atom stereocenters. The molecule has 2 N–H and O–H groups in total. The number of rotatable bonds is 5. The molecule has 2 heterocycles. The summed E-state index contributed by atoms with van der Waals surface area (Å²) in [6.45, 7) is 0.109. The Balaban J connectivity index is 1.53. The molecule has 2 unspecified atom stereocenters. The molecule has 2 aliphatic rings. The number of amides is 4. The molecule has 4 amide bonds. The highest BCUT2D eigenvalue weighted by molar-refractivity contribution is 6.53. The van der Waals surface area contributed by atoms with E-state index in [9.17, 15) is 28.0 Å². The van der Waals surface area contributed by atoms with E-state index in [4.69, 9.17) is 11.6 Å². The van der Waals surface area contributed by atoms with Gasteiger partial charge < -0.3 is 10.2 Å². The number of fused-ring (bicyclic) bond motifs is 1. The Hall–Kier alpha value is -3.07. The normalized spacial score (nSPS) is 22.1. The number of hydrogen-bond acceptors (Lipinski definition) is 4. The number of alkyl halides is 2. The molecule has 0 saturated carbocycles. The van der Waals surface area contributed by atoms with Crippen LogP contribution in [0.25, 0.3) is 0 Å². The fourth-order valence-electron chi connectivity index (χ4n) is 4.82. The first kappa shape index (κ1) is 26.0. The van der Waals surface area contributed by atoms with Crippen molar-refractivity contribution in [1.29, 1.82) is 0 Å². The van der Waals surface area contributed by atoms with Crippen LogP contribution in [-0.4, -0.2) is 65.4 Å². The van der Waals surface area contributed by atoms with Gasteiger partial charge >= 0.3 is 5.92 Å². The van der Waals surface area contributed by atoms with Crippen LogP contribution in [0.15, 0.2) is 42.5 Å². The summed E-state index contributed by atoms with van der Waals surface area (Å²) < 4.78 is 29.4. The molecule has 182 valence electrons. The summed E-state index contributed by atoms with van der Waals surface area (Å²) in [4.78, 5) is 52.0. The molecule has 0 spiro atoms.